The highest BCUT2D eigenvalue weighted by molar-refractivity contribution is 6.32. The van der Waals surface area contributed by atoms with Gasteiger partial charge in [0.2, 0.25) is 0 Å². The average molecular weight is 158 g/mol. The second-order valence-corrected chi connectivity index (χ2v) is 2.23. The zero-order chi connectivity index (χ0) is 7.56. The van der Waals surface area contributed by atoms with Crippen LogP contribution in [0.15, 0.2) is 6.33 Å². The van der Waals surface area contributed by atoms with Crippen LogP contribution in [0.3, 0.4) is 0 Å². The van der Waals surface area contributed by atoms with Gasteiger partial charge in [-0.05, 0) is 6.92 Å². The molecule has 0 radical (unpaired) electrons. The Labute approximate surface area is 64.5 Å². The van der Waals surface area contributed by atoms with E-state index in [2.05, 4.69) is 15.3 Å². The van der Waals surface area contributed by atoms with Crippen LogP contribution in [-0.2, 0) is 0 Å². The maximum atomic E-state index is 5.72. The molecule has 0 bridgehead atoms. The number of aromatic nitrogens is 2. The molecular weight excluding hydrogens is 150 g/mol. The summed E-state index contributed by atoms with van der Waals surface area (Å²) in [4.78, 5) is 7.76. The molecule has 0 aliphatic carbocycles. The van der Waals surface area contributed by atoms with Crippen molar-refractivity contribution in [1.29, 1.82) is 0 Å². The van der Waals surface area contributed by atoms with E-state index in [-0.39, 0.29) is 0 Å². The average Bonchev–Trinajstić information content (AvgIpc) is 1.88. The maximum Gasteiger partial charge on any atom is 0.155 e. The molecule has 0 amide bonds. The standard InChI is InChI=1S/C6H8ClN3/c1-4-5(8-2)6(7)10-3-9-4/h3,8H,1-2H3. The molecule has 1 heterocycles. The van der Waals surface area contributed by atoms with Crippen LogP contribution in [0.5, 0.6) is 0 Å². The van der Waals surface area contributed by atoms with Crippen LogP contribution in [0.25, 0.3) is 0 Å². The number of hydrogen-bond acceptors (Lipinski definition) is 3. The molecule has 4 heteroatoms. The van der Waals surface area contributed by atoms with E-state index in [0.717, 1.165) is 11.4 Å². The predicted molar refractivity (Wildman–Crippen MR) is 41.3 cm³/mol. The Morgan fingerprint density at radius 2 is 2.20 bits per heavy atom. The van der Waals surface area contributed by atoms with Crippen molar-refractivity contribution in [2.45, 2.75) is 6.92 Å². The summed E-state index contributed by atoms with van der Waals surface area (Å²) in [6.45, 7) is 1.87. The third-order valence-electron chi connectivity index (χ3n) is 1.24. The smallest absolute Gasteiger partial charge is 0.155 e. The zero-order valence-corrected chi connectivity index (χ0v) is 6.61. The fraction of sp³-hybridized carbons (Fsp3) is 0.333. The number of nitrogens with zero attached hydrogens (tertiary/aromatic N) is 2. The second-order valence-electron chi connectivity index (χ2n) is 1.87. The molecule has 0 saturated heterocycles. The van der Waals surface area contributed by atoms with Crippen LogP contribution >= 0.6 is 11.6 Å². The first kappa shape index (κ1) is 7.28. The van der Waals surface area contributed by atoms with Gasteiger partial charge in [-0.1, -0.05) is 11.6 Å². The summed E-state index contributed by atoms with van der Waals surface area (Å²) in [6, 6.07) is 0. The molecule has 10 heavy (non-hydrogen) atoms. The molecule has 0 unspecified atom stereocenters. The van der Waals surface area contributed by atoms with Crippen LogP contribution in [0.4, 0.5) is 5.69 Å². The first-order chi connectivity index (χ1) is 4.75. The monoisotopic (exact) mass is 157 g/mol. The summed E-state index contributed by atoms with van der Waals surface area (Å²) >= 11 is 5.72. The lowest BCUT2D eigenvalue weighted by Crippen LogP contribution is -1.96. The van der Waals surface area contributed by atoms with Gasteiger partial charge < -0.3 is 5.32 Å². The van der Waals surface area contributed by atoms with Crippen molar-refractivity contribution >= 4 is 17.3 Å². The number of nitrogens with one attached hydrogen (secondary N) is 1. The van der Waals surface area contributed by atoms with Crippen LogP contribution < -0.4 is 5.32 Å². The molecule has 54 valence electrons. The Morgan fingerprint density at radius 3 is 2.60 bits per heavy atom. The molecule has 1 aromatic heterocycles. The van der Waals surface area contributed by atoms with E-state index in [9.17, 15) is 0 Å². The highest BCUT2D eigenvalue weighted by Crippen LogP contribution is 2.19. The van der Waals surface area contributed by atoms with Gasteiger partial charge in [0.25, 0.3) is 0 Å². The molecule has 0 saturated carbocycles. The molecular formula is C6H8ClN3. The van der Waals surface area contributed by atoms with E-state index < -0.39 is 0 Å². The Balaban J connectivity index is 3.17. The third-order valence-corrected chi connectivity index (χ3v) is 1.53. The zero-order valence-electron chi connectivity index (χ0n) is 5.85. The van der Waals surface area contributed by atoms with Crippen molar-refractivity contribution in [2.75, 3.05) is 12.4 Å². The summed E-state index contributed by atoms with van der Waals surface area (Å²) in [5.74, 6) is 0. The highest BCUT2D eigenvalue weighted by Gasteiger charge is 2.01. The number of aryl methyl sites for hydroxylation is 1. The van der Waals surface area contributed by atoms with E-state index in [1.54, 1.807) is 7.05 Å². The molecule has 0 fully saturated rings. The molecule has 1 aromatic rings. The van der Waals surface area contributed by atoms with Gasteiger partial charge in [-0.15, -0.1) is 0 Å². The largest absolute Gasteiger partial charge is 0.384 e. The van der Waals surface area contributed by atoms with E-state index in [0.29, 0.717) is 5.15 Å². The number of halogens is 1. The highest BCUT2D eigenvalue weighted by atomic mass is 35.5. The van der Waals surface area contributed by atoms with E-state index in [4.69, 9.17) is 11.6 Å². The van der Waals surface area contributed by atoms with Gasteiger partial charge in [-0.25, -0.2) is 9.97 Å². The van der Waals surface area contributed by atoms with E-state index in [1.807, 2.05) is 6.92 Å². The van der Waals surface area contributed by atoms with Gasteiger partial charge in [0.1, 0.15) is 6.33 Å². The van der Waals surface area contributed by atoms with Crippen molar-refractivity contribution < 1.29 is 0 Å². The Bertz CT molecular complexity index is 216. The summed E-state index contributed by atoms with van der Waals surface area (Å²) in [7, 11) is 1.79. The lowest BCUT2D eigenvalue weighted by atomic mass is 10.4. The second kappa shape index (κ2) is 2.84. The minimum Gasteiger partial charge on any atom is -0.384 e. The molecule has 1 rings (SSSR count). The van der Waals surface area contributed by atoms with Crippen LogP contribution in [0, 0.1) is 6.92 Å². The van der Waals surface area contributed by atoms with Gasteiger partial charge in [0.15, 0.2) is 5.15 Å². The minimum absolute atomic E-state index is 0.468. The third kappa shape index (κ3) is 1.19. The van der Waals surface area contributed by atoms with Gasteiger partial charge in [-0.2, -0.15) is 0 Å². The van der Waals surface area contributed by atoms with Gasteiger partial charge in [0, 0.05) is 7.05 Å². The van der Waals surface area contributed by atoms with E-state index in [1.165, 1.54) is 6.33 Å². The van der Waals surface area contributed by atoms with Crippen molar-refractivity contribution in [3.05, 3.63) is 17.2 Å². The number of anilines is 1. The Kier molecular flexibility index (Phi) is 2.06. The topological polar surface area (TPSA) is 37.8 Å². The van der Waals surface area contributed by atoms with Crippen LogP contribution in [-0.4, -0.2) is 17.0 Å². The summed E-state index contributed by atoms with van der Waals surface area (Å²) < 4.78 is 0. The normalized spacial score (nSPS) is 9.50. The minimum atomic E-state index is 0.468. The molecule has 3 nitrogen and oxygen atoms in total. The summed E-state index contributed by atoms with van der Waals surface area (Å²) in [5.41, 5.74) is 1.66. The van der Waals surface area contributed by atoms with Crippen molar-refractivity contribution in [1.82, 2.24) is 9.97 Å². The first-order valence-electron chi connectivity index (χ1n) is 2.90. The molecule has 0 aromatic carbocycles. The lowest BCUT2D eigenvalue weighted by Gasteiger charge is -2.03. The van der Waals surface area contributed by atoms with Gasteiger partial charge in [0.05, 0.1) is 11.4 Å². The van der Waals surface area contributed by atoms with Gasteiger partial charge in [-0.3, -0.25) is 0 Å². The van der Waals surface area contributed by atoms with Crippen LogP contribution in [0.2, 0.25) is 5.15 Å². The molecule has 0 spiro atoms. The summed E-state index contributed by atoms with van der Waals surface area (Å²) in [6.07, 6.45) is 1.44. The van der Waals surface area contributed by atoms with Crippen LogP contribution in [0.1, 0.15) is 5.69 Å². The predicted octanol–water partition coefficient (Wildman–Crippen LogP) is 1.48. The first-order valence-corrected chi connectivity index (χ1v) is 3.28. The maximum absolute atomic E-state index is 5.72. The summed E-state index contributed by atoms with van der Waals surface area (Å²) in [5, 5.41) is 3.37. The van der Waals surface area contributed by atoms with Crippen molar-refractivity contribution in [3.8, 4) is 0 Å². The quantitative estimate of drug-likeness (QED) is 0.628. The fourth-order valence-electron chi connectivity index (χ4n) is 0.729. The molecule has 1 N–H and O–H groups in total. The lowest BCUT2D eigenvalue weighted by molar-refractivity contribution is 1.10. The van der Waals surface area contributed by atoms with Gasteiger partial charge >= 0.3 is 0 Å². The Hall–Kier alpha value is -0.830. The SMILES string of the molecule is CNc1c(C)ncnc1Cl. The molecule has 0 atom stereocenters. The fourth-order valence-corrected chi connectivity index (χ4v) is 1.00. The van der Waals surface area contributed by atoms with E-state index >= 15 is 0 Å². The molecule has 0 aliphatic rings. The molecule has 0 aliphatic heterocycles. The number of hydrogen-bond donors (Lipinski definition) is 1. The van der Waals surface area contributed by atoms with Crippen molar-refractivity contribution in [3.63, 3.8) is 0 Å². The van der Waals surface area contributed by atoms with Crippen molar-refractivity contribution in [2.24, 2.45) is 0 Å². The number of rotatable bonds is 1. The Morgan fingerprint density at radius 1 is 1.50 bits per heavy atom.